The number of thiazole rings is 1. The number of nitrogens with zero attached hydrogens (tertiary/aromatic N) is 2. The van der Waals surface area contributed by atoms with Gasteiger partial charge in [0.15, 0.2) is 22.4 Å². The fourth-order valence-electron chi connectivity index (χ4n) is 2.09. The van der Waals surface area contributed by atoms with Crippen LogP contribution in [-0.4, -0.2) is 21.8 Å². The molecule has 3 N–H and O–H groups in total. The SMILES string of the molecule is CC(=O)c1ccc(OCc2cc(C(=O)NCc3csc(N)n3)no2)cc1. The van der Waals surface area contributed by atoms with Crippen molar-refractivity contribution in [2.24, 2.45) is 0 Å². The van der Waals surface area contributed by atoms with Crippen molar-refractivity contribution in [1.29, 1.82) is 0 Å². The first-order valence-electron chi connectivity index (χ1n) is 7.69. The van der Waals surface area contributed by atoms with Gasteiger partial charge < -0.3 is 20.3 Å². The standard InChI is InChI=1S/C17H16N4O4S/c1-10(22)11-2-4-13(5-3-11)24-8-14-6-15(21-25-14)16(23)19-7-12-9-26-17(18)20-12/h2-6,9H,7-8H2,1H3,(H2,18,20)(H,19,23). The van der Waals surface area contributed by atoms with Crippen LogP contribution in [0.1, 0.15) is 39.2 Å². The summed E-state index contributed by atoms with van der Waals surface area (Å²) in [6.07, 6.45) is 0. The number of Topliss-reactive ketones (excluding diaryl/α,β-unsaturated/α-hetero) is 1. The Morgan fingerprint density at radius 2 is 2.08 bits per heavy atom. The summed E-state index contributed by atoms with van der Waals surface area (Å²) in [5, 5.41) is 8.64. The molecule has 2 aromatic heterocycles. The first kappa shape index (κ1) is 17.6. The number of ether oxygens (including phenoxy) is 1. The molecule has 0 aliphatic heterocycles. The van der Waals surface area contributed by atoms with E-state index in [0.29, 0.717) is 27.9 Å². The topological polar surface area (TPSA) is 120 Å². The van der Waals surface area contributed by atoms with Gasteiger partial charge in [-0.15, -0.1) is 11.3 Å². The number of carbonyl (C=O) groups excluding carboxylic acids is 2. The van der Waals surface area contributed by atoms with E-state index in [-0.39, 0.29) is 30.5 Å². The molecule has 3 rings (SSSR count). The minimum absolute atomic E-state index is 0.0113. The Morgan fingerprint density at radius 1 is 1.31 bits per heavy atom. The van der Waals surface area contributed by atoms with Crippen molar-refractivity contribution in [2.45, 2.75) is 20.1 Å². The van der Waals surface area contributed by atoms with Crippen LogP contribution in [0.15, 0.2) is 40.2 Å². The van der Waals surface area contributed by atoms with Crippen molar-refractivity contribution in [3.8, 4) is 5.75 Å². The molecule has 0 unspecified atom stereocenters. The number of amides is 1. The van der Waals surface area contributed by atoms with E-state index in [1.165, 1.54) is 24.3 Å². The van der Waals surface area contributed by atoms with Crippen LogP contribution in [0.25, 0.3) is 0 Å². The van der Waals surface area contributed by atoms with Gasteiger partial charge in [-0.05, 0) is 31.2 Å². The number of anilines is 1. The van der Waals surface area contributed by atoms with E-state index < -0.39 is 0 Å². The van der Waals surface area contributed by atoms with Crippen molar-refractivity contribution >= 4 is 28.2 Å². The van der Waals surface area contributed by atoms with Gasteiger partial charge in [0.1, 0.15) is 12.4 Å². The summed E-state index contributed by atoms with van der Waals surface area (Å²) in [5.74, 6) is 0.599. The van der Waals surface area contributed by atoms with Gasteiger partial charge in [-0.2, -0.15) is 0 Å². The quantitative estimate of drug-likeness (QED) is 0.611. The van der Waals surface area contributed by atoms with Gasteiger partial charge >= 0.3 is 0 Å². The Kier molecular flexibility index (Phi) is 5.28. The second-order valence-corrected chi connectivity index (χ2v) is 6.30. The highest BCUT2D eigenvalue weighted by molar-refractivity contribution is 7.13. The lowest BCUT2D eigenvalue weighted by Gasteiger charge is -2.03. The number of hydrogen-bond donors (Lipinski definition) is 2. The molecule has 134 valence electrons. The van der Waals surface area contributed by atoms with Gasteiger partial charge in [-0.3, -0.25) is 9.59 Å². The maximum atomic E-state index is 12.1. The number of benzene rings is 1. The first-order valence-corrected chi connectivity index (χ1v) is 8.56. The summed E-state index contributed by atoms with van der Waals surface area (Å²) in [6.45, 7) is 1.87. The van der Waals surface area contributed by atoms with Crippen molar-refractivity contribution in [3.05, 3.63) is 58.4 Å². The molecule has 0 saturated heterocycles. The summed E-state index contributed by atoms with van der Waals surface area (Å²) < 4.78 is 10.7. The second kappa shape index (κ2) is 7.79. The largest absolute Gasteiger partial charge is 0.486 e. The van der Waals surface area contributed by atoms with E-state index in [0.717, 1.165) is 0 Å². The molecule has 0 aliphatic rings. The van der Waals surface area contributed by atoms with Gasteiger partial charge in [0.05, 0.1) is 12.2 Å². The number of nitrogens with one attached hydrogen (secondary N) is 1. The lowest BCUT2D eigenvalue weighted by molar-refractivity contribution is 0.0940. The number of hydrogen-bond acceptors (Lipinski definition) is 8. The average Bonchev–Trinajstić information content (AvgIpc) is 3.27. The summed E-state index contributed by atoms with van der Waals surface area (Å²) in [7, 11) is 0. The van der Waals surface area contributed by atoms with Crippen molar-refractivity contribution < 1.29 is 18.8 Å². The minimum atomic E-state index is -0.377. The molecule has 8 nitrogen and oxygen atoms in total. The molecule has 1 amide bonds. The van der Waals surface area contributed by atoms with Gasteiger partial charge in [0.2, 0.25) is 0 Å². The molecule has 0 atom stereocenters. The Hall–Kier alpha value is -3.20. The molecule has 0 aliphatic carbocycles. The Balaban J connectivity index is 1.52. The zero-order valence-electron chi connectivity index (χ0n) is 13.9. The van der Waals surface area contributed by atoms with E-state index in [1.807, 2.05) is 0 Å². The lowest BCUT2D eigenvalue weighted by atomic mass is 10.1. The number of aromatic nitrogens is 2. The molecule has 2 heterocycles. The molecule has 26 heavy (non-hydrogen) atoms. The van der Waals surface area contributed by atoms with Crippen LogP contribution in [0.3, 0.4) is 0 Å². The number of rotatable bonds is 7. The van der Waals surface area contributed by atoms with E-state index in [9.17, 15) is 9.59 Å². The third kappa shape index (κ3) is 4.45. The fourth-order valence-corrected chi connectivity index (χ4v) is 2.66. The molecule has 0 saturated carbocycles. The summed E-state index contributed by atoms with van der Waals surface area (Å²) in [6, 6.07) is 8.26. The van der Waals surface area contributed by atoms with E-state index >= 15 is 0 Å². The molecule has 3 aromatic rings. The summed E-state index contributed by atoms with van der Waals surface area (Å²) >= 11 is 1.31. The minimum Gasteiger partial charge on any atom is -0.486 e. The second-order valence-electron chi connectivity index (χ2n) is 5.41. The van der Waals surface area contributed by atoms with Crippen LogP contribution in [0, 0.1) is 0 Å². The van der Waals surface area contributed by atoms with Crippen LogP contribution < -0.4 is 15.8 Å². The highest BCUT2D eigenvalue weighted by Gasteiger charge is 2.13. The fraction of sp³-hybridized carbons (Fsp3) is 0.176. The maximum absolute atomic E-state index is 12.1. The lowest BCUT2D eigenvalue weighted by Crippen LogP contribution is -2.23. The molecular formula is C17H16N4O4S. The van der Waals surface area contributed by atoms with Crippen molar-refractivity contribution in [1.82, 2.24) is 15.5 Å². The molecule has 0 fully saturated rings. The zero-order valence-corrected chi connectivity index (χ0v) is 14.7. The van der Waals surface area contributed by atoms with Crippen molar-refractivity contribution in [3.63, 3.8) is 0 Å². The number of nitrogens with two attached hydrogens (primary N) is 1. The predicted molar refractivity (Wildman–Crippen MR) is 95.0 cm³/mol. The Bertz CT molecular complexity index is 917. The van der Waals surface area contributed by atoms with Crippen LogP contribution in [0.4, 0.5) is 5.13 Å². The Labute approximate surface area is 153 Å². The van der Waals surface area contributed by atoms with Gasteiger partial charge in [0, 0.05) is 17.0 Å². The van der Waals surface area contributed by atoms with Gasteiger partial charge in [-0.1, -0.05) is 5.16 Å². The maximum Gasteiger partial charge on any atom is 0.273 e. The summed E-state index contributed by atoms with van der Waals surface area (Å²) in [5.41, 5.74) is 6.98. The highest BCUT2D eigenvalue weighted by Crippen LogP contribution is 2.15. The molecule has 0 bridgehead atoms. The number of carbonyl (C=O) groups is 2. The predicted octanol–water partition coefficient (Wildman–Crippen LogP) is 2.42. The number of nitrogen functional groups attached to an aromatic ring is 1. The smallest absolute Gasteiger partial charge is 0.273 e. The third-order valence-electron chi connectivity index (χ3n) is 3.43. The Morgan fingerprint density at radius 3 is 2.73 bits per heavy atom. The molecule has 9 heteroatoms. The third-order valence-corrected chi connectivity index (χ3v) is 4.16. The van der Waals surface area contributed by atoms with Crippen LogP contribution in [-0.2, 0) is 13.2 Å². The van der Waals surface area contributed by atoms with Crippen LogP contribution in [0.5, 0.6) is 5.75 Å². The van der Waals surface area contributed by atoms with Gasteiger partial charge in [0.25, 0.3) is 5.91 Å². The van der Waals surface area contributed by atoms with E-state index in [4.69, 9.17) is 15.0 Å². The molecular weight excluding hydrogens is 356 g/mol. The molecule has 1 aromatic carbocycles. The number of ketones is 1. The first-order chi connectivity index (χ1) is 12.5. The summed E-state index contributed by atoms with van der Waals surface area (Å²) in [4.78, 5) is 27.3. The highest BCUT2D eigenvalue weighted by atomic mass is 32.1. The van der Waals surface area contributed by atoms with E-state index in [2.05, 4.69) is 15.5 Å². The average molecular weight is 372 g/mol. The molecule has 0 spiro atoms. The molecule has 0 radical (unpaired) electrons. The monoisotopic (exact) mass is 372 g/mol. The zero-order chi connectivity index (χ0) is 18.5. The van der Waals surface area contributed by atoms with Gasteiger partial charge in [-0.25, -0.2) is 4.98 Å². The van der Waals surface area contributed by atoms with E-state index in [1.54, 1.807) is 29.6 Å². The van der Waals surface area contributed by atoms with Crippen LogP contribution >= 0.6 is 11.3 Å². The van der Waals surface area contributed by atoms with Crippen LogP contribution in [0.2, 0.25) is 0 Å². The van der Waals surface area contributed by atoms with Crippen molar-refractivity contribution in [2.75, 3.05) is 5.73 Å². The normalized spacial score (nSPS) is 10.5.